The van der Waals surface area contributed by atoms with Crippen LogP contribution >= 0.6 is 0 Å². The summed E-state index contributed by atoms with van der Waals surface area (Å²) in [4.78, 5) is 0. The summed E-state index contributed by atoms with van der Waals surface area (Å²) in [6, 6.07) is 0. The molecule has 3 fully saturated rings. The second kappa shape index (κ2) is 3.25. The second-order valence-electron chi connectivity index (χ2n) is 6.76. The molecular formula is C15H26. The fourth-order valence-electron chi connectivity index (χ4n) is 5.02. The summed E-state index contributed by atoms with van der Waals surface area (Å²) in [7, 11) is 0. The quantitative estimate of drug-likeness (QED) is 0.638. The van der Waals surface area contributed by atoms with Crippen molar-refractivity contribution in [3.8, 4) is 0 Å². The molecule has 6 unspecified atom stereocenters. The van der Waals surface area contributed by atoms with E-state index in [9.17, 15) is 0 Å². The molecule has 0 nitrogen and oxygen atoms in total. The molecule has 3 saturated carbocycles. The largest absolute Gasteiger partial charge is 0.0654 e. The van der Waals surface area contributed by atoms with Crippen LogP contribution in [0.25, 0.3) is 0 Å². The molecule has 3 aliphatic rings. The highest BCUT2D eigenvalue weighted by Crippen LogP contribution is 2.76. The first-order chi connectivity index (χ1) is 7.19. The zero-order valence-corrected chi connectivity index (χ0v) is 10.6. The molecule has 0 spiro atoms. The fraction of sp³-hybridized carbons (Fsp3) is 1.00. The lowest BCUT2D eigenvalue weighted by Crippen LogP contribution is -2.08. The lowest BCUT2D eigenvalue weighted by Gasteiger charge is -2.17. The van der Waals surface area contributed by atoms with Crippen molar-refractivity contribution in [3.63, 3.8) is 0 Å². The molecule has 0 aromatic carbocycles. The predicted octanol–water partition coefficient (Wildman–Crippen LogP) is 4.49. The first kappa shape index (κ1) is 10.2. The Morgan fingerprint density at radius 1 is 1.27 bits per heavy atom. The number of fused-ring (bicyclic) bond motifs is 3. The van der Waals surface area contributed by atoms with Gasteiger partial charge in [0.1, 0.15) is 0 Å². The molecule has 0 heteroatoms. The lowest BCUT2D eigenvalue weighted by molar-refractivity contribution is 0.329. The topological polar surface area (TPSA) is 0 Å². The molecular weight excluding hydrogens is 180 g/mol. The summed E-state index contributed by atoms with van der Waals surface area (Å²) in [5.74, 6) is 5.55. The van der Waals surface area contributed by atoms with E-state index in [1.165, 1.54) is 19.3 Å². The van der Waals surface area contributed by atoms with E-state index in [0.29, 0.717) is 0 Å². The van der Waals surface area contributed by atoms with Gasteiger partial charge in [-0.3, -0.25) is 0 Å². The first-order valence-electron chi connectivity index (χ1n) is 7.19. The molecule has 0 saturated heterocycles. The average Bonchev–Trinajstić information content (AvgIpc) is 3.07. The van der Waals surface area contributed by atoms with Crippen LogP contribution in [0.15, 0.2) is 0 Å². The molecule has 6 atom stereocenters. The van der Waals surface area contributed by atoms with Crippen LogP contribution in [0.5, 0.6) is 0 Å². The van der Waals surface area contributed by atoms with Crippen molar-refractivity contribution in [2.75, 3.05) is 0 Å². The van der Waals surface area contributed by atoms with Crippen molar-refractivity contribution < 1.29 is 0 Å². The Morgan fingerprint density at radius 2 is 2.07 bits per heavy atom. The minimum absolute atomic E-state index is 0.791. The third kappa shape index (κ3) is 1.33. The molecule has 0 aromatic rings. The van der Waals surface area contributed by atoms with E-state index in [4.69, 9.17) is 0 Å². The van der Waals surface area contributed by atoms with Gasteiger partial charge in [-0.05, 0) is 54.3 Å². The molecule has 0 heterocycles. The van der Waals surface area contributed by atoms with E-state index in [1.54, 1.807) is 19.3 Å². The van der Waals surface area contributed by atoms with Gasteiger partial charge in [-0.15, -0.1) is 0 Å². The zero-order valence-electron chi connectivity index (χ0n) is 10.6. The van der Waals surface area contributed by atoms with Crippen molar-refractivity contribution in [1.82, 2.24) is 0 Å². The minimum atomic E-state index is 0.791. The number of hydrogen-bond donors (Lipinski definition) is 0. The summed E-state index contributed by atoms with van der Waals surface area (Å²) < 4.78 is 0. The van der Waals surface area contributed by atoms with E-state index in [0.717, 1.165) is 35.0 Å². The summed E-state index contributed by atoms with van der Waals surface area (Å²) in [6.45, 7) is 7.48. The van der Waals surface area contributed by atoms with E-state index >= 15 is 0 Å². The van der Waals surface area contributed by atoms with Crippen molar-refractivity contribution in [2.24, 2.45) is 35.0 Å². The maximum atomic E-state index is 2.61. The van der Waals surface area contributed by atoms with Gasteiger partial charge < -0.3 is 0 Å². The van der Waals surface area contributed by atoms with Gasteiger partial charge >= 0.3 is 0 Å². The summed E-state index contributed by atoms with van der Waals surface area (Å²) in [5.41, 5.74) is 0.791. The Bertz CT molecular complexity index is 257. The predicted molar refractivity (Wildman–Crippen MR) is 64.6 cm³/mol. The van der Waals surface area contributed by atoms with Gasteiger partial charge in [-0.25, -0.2) is 0 Å². The normalized spacial score (nSPS) is 56.6. The molecule has 3 rings (SSSR count). The third-order valence-corrected chi connectivity index (χ3v) is 6.20. The van der Waals surface area contributed by atoms with Gasteiger partial charge in [0.2, 0.25) is 0 Å². The molecule has 15 heavy (non-hydrogen) atoms. The molecule has 0 amide bonds. The number of hydrogen-bond acceptors (Lipinski definition) is 0. The molecule has 86 valence electrons. The number of unbranched alkanes of at least 4 members (excludes halogenated alkanes) is 1. The Labute approximate surface area is 94.8 Å². The van der Waals surface area contributed by atoms with Gasteiger partial charge in [-0.2, -0.15) is 0 Å². The fourth-order valence-corrected chi connectivity index (χ4v) is 5.02. The second-order valence-corrected chi connectivity index (χ2v) is 6.76. The SMILES string of the molecule is CCCCC1CCC2CC2C2(C)C(C)C12. The van der Waals surface area contributed by atoms with Gasteiger partial charge in [0.15, 0.2) is 0 Å². The van der Waals surface area contributed by atoms with Crippen molar-refractivity contribution >= 4 is 0 Å². The van der Waals surface area contributed by atoms with Crippen molar-refractivity contribution in [2.45, 2.75) is 59.3 Å². The maximum Gasteiger partial charge on any atom is -0.0232 e. The van der Waals surface area contributed by atoms with Crippen LogP contribution < -0.4 is 0 Å². The molecule has 0 radical (unpaired) electrons. The summed E-state index contributed by atoms with van der Waals surface area (Å²) >= 11 is 0. The zero-order chi connectivity index (χ0) is 10.6. The summed E-state index contributed by atoms with van der Waals surface area (Å²) in [6.07, 6.45) is 9.10. The Balaban J connectivity index is 1.71. The van der Waals surface area contributed by atoms with Crippen LogP contribution in [-0.2, 0) is 0 Å². The Kier molecular flexibility index (Phi) is 2.20. The maximum absolute atomic E-state index is 2.61. The standard InChI is InChI=1S/C15H26/c1-4-5-6-11-7-8-12-9-13(12)15(3)10(2)14(11)15/h10-14H,4-9H2,1-3H3. The highest BCUT2D eigenvalue weighted by atomic mass is 14.7. The Hall–Kier alpha value is 0. The van der Waals surface area contributed by atoms with Crippen molar-refractivity contribution in [1.29, 1.82) is 0 Å². The molecule has 0 aromatic heterocycles. The molecule has 0 N–H and O–H groups in total. The highest BCUT2D eigenvalue weighted by molar-refractivity contribution is 5.18. The number of rotatable bonds is 3. The van der Waals surface area contributed by atoms with Gasteiger partial charge in [0.25, 0.3) is 0 Å². The van der Waals surface area contributed by atoms with Gasteiger partial charge in [0.05, 0.1) is 0 Å². The van der Waals surface area contributed by atoms with Crippen LogP contribution in [0.2, 0.25) is 0 Å². The van der Waals surface area contributed by atoms with Crippen LogP contribution in [0, 0.1) is 35.0 Å². The highest BCUT2D eigenvalue weighted by Gasteiger charge is 2.70. The monoisotopic (exact) mass is 206 g/mol. The van der Waals surface area contributed by atoms with Crippen LogP contribution in [0.3, 0.4) is 0 Å². The van der Waals surface area contributed by atoms with E-state index in [2.05, 4.69) is 20.8 Å². The average molecular weight is 206 g/mol. The van der Waals surface area contributed by atoms with Crippen LogP contribution in [0.4, 0.5) is 0 Å². The van der Waals surface area contributed by atoms with E-state index in [1.807, 2.05) is 0 Å². The Morgan fingerprint density at radius 3 is 2.80 bits per heavy atom. The van der Waals surface area contributed by atoms with Crippen molar-refractivity contribution in [3.05, 3.63) is 0 Å². The lowest BCUT2D eigenvalue weighted by atomic mass is 9.88. The smallest absolute Gasteiger partial charge is 0.0232 e. The minimum Gasteiger partial charge on any atom is -0.0654 e. The molecule has 0 bridgehead atoms. The summed E-state index contributed by atoms with van der Waals surface area (Å²) in [5, 5.41) is 0. The van der Waals surface area contributed by atoms with Crippen LogP contribution in [-0.4, -0.2) is 0 Å². The van der Waals surface area contributed by atoms with Crippen LogP contribution in [0.1, 0.15) is 59.3 Å². The van der Waals surface area contributed by atoms with Gasteiger partial charge in [0, 0.05) is 0 Å². The molecule has 3 aliphatic carbocycles. The third-order valence-electron chi connectivity index (χ3n) is 6.20. The molecule has 0 aliphatic heterocycles. The first-order valence-corrected chi connectivity index (χ1v) is 7.19. The van der Waals surface area contributed by atoms with E-state index in [-0.39, 0.29) is 0 Å². The van der Waals surface area contributed by atoms with Gasteiger partial charge in [-0.1, -0.05) is 40.0 Å². The van der Waals surface area contributed by atoms with E-state index < -0.39 is 0 Å².